The minimum Gasteiger partial charge on any atom is -0.508 e. The minimum absolute atomic E-state index is 0.296. The van der Waals surface area contributed by atoms with Gasteiger partial charge in [0.2, 0.25) is 0 Å². The smallest absolute Gasteiger partial charge is 0.115 e. The van der Waals surface area contributed by atoms with Crippen LogP contribution >= 0.6 is 0 Å². The molecule has 2 aromatic carbocycles. The number of rotatable bonds is 3. The molecule has 0 saturated carbocycles. The Labute approximate surface area is 117 Å². The summed E-state index contributed by atoms with van der Waals surface area (Å²) in [5.74, 6) is 0.296. The molecule has 3 heteroatoms. The topological polar surface area (TPSA) is 45.1 Å². The lowest BCUT2D eigenvalue weighted by Gasteiger charge is -2.10. The van der Waals surface area contributed by atoms with Gasteiger partial charge < -0.3 is 10.4 Å². The maximum Gasteiger partial charge on any atom is 0.115 e. The van der Waals surface area contributed by atoms with E-state index in [9.17, 15) is 5.11 Å². The number of fused-ring (bicyclic) bond motifs is 1. The predicted molar refractivity (Wildman–Crippen MR) is 81.9 cm³/mol. The fourth-order valence-corrected chi connectivity index (χ4v) is 2.28. The van der Waals surface area contributed by atoms with Gasteiger partial charge in [-0.15, -0.1) is 0 Å². The van der Waals surface area contributed by atoms with Crippen molar-refractivity contribution in [3.8, 4) is 5.75 Å². The maximum absolute atomic E-state index is 9.41. The molecule has 0 atom stereocenters. The number of aryl methyl sites for hydroxylation is 1. The van der Waals surface area contributed by atoms with Gasteiger partial charge in [0.15, 0.2) is 0 Å². The number of hydrogen-bond donors (Lipinski definition) is 2. The van der Waals surface area contributed by atoms with Gasteiger partial charge in [-0.2, -0.15) is 0 Å². The highest BCUT2D eigenvalue weighted by Crippen LogP contribution is 2.21. The molecule has 0 fully saturated rings. The Balaban J connectivity index is 1.79. The van der Waals surface area contributed by atoms with Crippen LogP contribution in [0.1, 0.15) is 11.1 Å². The second kappa shape index (κ2) is 5.21. The lowest BCUT2D eigenvalue weighted by Crippen LogP contribution is -2.00. The molecule has 0 saturated heterocycles. The van der Waals surface area contributed by atoms with E-state index in [0.717, 1.165) is 28.7 Å². The summed E-state index contributed by atoms with van der Waals surface area (Å²) in [6.45, 7) is 2.73. The Morgan fingerprint density at radius 2 is 2.00 bits per heavy atom. The number of hydrogen-bond acceptors (Lipinski definition) is 3. The molecular weight excluding hydrogens is 248 g/mol. The number of aromatic nitrogens is 1. The zero-order chi connectivity index (χ0) is 13.9. The van der Waals surface area contributed by atoms with E-state index in [2.05, 4.69) is 28.5 Å². The van der Waals surface area contributed by atoms with E-state index in [-0.39, 0.29) is 0 Å². The third-order valence-electron chi connectivity index (χ3n) is 3.36. The highest BCUT2D eigenvalue weighted by atomic mass is 16.3. The lowest BCUT2D eigenvalue weighted by molar-refractivity contribution is 0.475. The molecule has 1 heterocycles. The molecule has 3 rings (SSSR count). The van der Waals surface area contributed by atoms with Crippen LogP contribution in [0.4, 0.5) is 5.69 Å². The van der Waals surface area contributed by atoms with Crippen molar-refractivity contribution in [3.05, 3.63) is 65.9 Å². The Kier molecular flexibility index (Phi) is 3.25. The largest absolute Gasteiger partial charge is 0.508 e. The van der Waals surface area contributed by atoms with Crippen molar-refractivity contribution >= 4 is 16.6 Å². The van der Waals surface area contributed by atoms with Crippen LogP contribution in [0.25, 0.3) is 10.9 Å². The summed E-state index contributed by atoms with van der Waals surface area (Å²) in [7, 11) is 0. The summed E-state index contributed by atoms with van der Waals surface area (Å²) >= 11 is 0. The van der Waals surface area contributed by atoms with Crippen LogP contribution in [0.15, 0.2) is 54.7 Å². The second-order valence-corrected chi connectivity index (χ2v) is 4.88. The molecule has 0 spiro atoms. The van der Waals surface area contributed by atoms with E-state index in [1.165, 1.54) is 5.56 Å². The van der Waals surface area contributed by atoms with Gasteiger partial charge in [-0.3, -0.25) is 4.98 Å². The van der Waals surface area contributed by atoms with Crippen molar-refractivity contribution in [1.82, 2.24) is 4.98 Å². The van der Waals surface area contributed by atoms with Gasteiger partial charge in [-0.05, 0) is 54.4 Å². The normalized spacial score (nSPS) is 10.7. The zero-order valence-electron chi connectivity index (χ0n) is 11.3. The third-order valence-corrected chi connectivity index (χ3v) is 3.36. The van der Waals surface area contributed by atoms with Crippen LogP contribution in [0.5, 0.6) is 5.75 Å². The highest BCUT2D eigenvalue weighted by molar-refractivity contribution is 5.79. The molecule has 0 radical (unpaired) electrons. The average Bonchev–Trinajstić information content (AvgIpc) is 2.46. The van der Waals surface area contributed by atoms with E-state index < -0.39 is 0 Å². The van der Waals surface area contributed by atoms with Crippen molar-refractivity contribution in [2.45, 2.75) is 13.5 Å². The van der Waals surface area contributed by atoms with Gasteiger partial charge in [0.05, 0.1) is 5.52 Å². The fourth-order valence-electron chi connectivity index (χ4n) is 2.28. The predicted octanol–water partition coefficient (Wildman–Crippen LogP) is 3.86. The quantitative estimate of drug-likeness (QED) is 0.706. The summed E-state index contributed by atoms with van der Waals surface area (Å²) in [5, 5.41) is 13.9. The number of anilines is 1. The molecule has 100 valence electrons. The number of pyridine rings is 1. The van der Waals surface area contributed by atoms with Crippen LogP contribution in [0, 0.1) is 6.92 Å². The molecule has 0 amide bonds. The molecule has 0 unspecified atom stereocenters. The number of phenols is 1. The van der Waals surface area contributed by atoms with E-state index in [1.54, 1.807) is 18.3 Å². The standard InChI is InChI=1S/C17H16N2O/c1-12-9-15(20)5-7-16(12)19-11-13-4-6-17-14(10-13)3-2-8-18-17/h2-10,19-20H,11H2,1H3. The summed E-state index contributed by atoms with van der Waals surface area (Å²) < 4.78 is 0. The van der Waals surface area contributed by atoms with E-state index in [4.69, 9.17) is 0 Å². The van der Waals surface area contributed by atoms with Crippen LogP contribution in [0.3, 0.4) is 0 Å². The summed E-state index contributed by atoms with van der Waals surface area (Å²) in [4.78, 5) is 4.32. The Bertz CT molecular complexity index is 753. The summed E-state index contributed by atoms with van der Waals surface area (Å²) in [5.41, 5.74) is 4.29. The van der Waals surface area contributed by atoms with E-state index in [0.29, 0.717) is 5.75 Å². The first-order valence-electron chi connectivity index (χ1n) is 6.59. The highest BCUT2D eigenvalue weighted by Gasteiger charge is 2.01. The lowest BCUT2D eigenvalue weighted by atomic mass is 10.1. The Morgan fingerprint density at radius 3 is 2.85 bits per heavy atom. The van der Waals surface area contributed by atoms with Crippen LogP contribution in [-0.2, 0) is 6.54 Å². The first-order chi connectivity index (χ1) is 9.72. The van der Waals surface area contributed by atoms with Crippen LogP contribution in [-0.4, -0.2) is 10.1 Å². The molecule has 3 nitrogen and oxygen atoms in total. The maximum atomic E-state index is 9.41. The molecule has 0 aliphatic carbocycles. The molecule has 0 aliphatic rings. The van der Waals surface area contributed by atoms with Gasteiger partial charge in [-0.1, -0.05) is 12.1 Å². The second-order valence-electron chi connectivity index (χ2n) is 4.88. The van der Waals surface area contributed by atoms with Gasteiger partial charge in [-0.25, -0.2) is 0 Å². The zero-order valence-corrected chi connectivity index (χ0v) is 11.3. The Morgan fingerprint density at radius 1 is 1.10 bits per heavy atom. The van der Waals surface area contributed by atoms with E-state index >= 15 is 0 Å². The minimum atomic E-state index is 0.296. The van der Waals surface area contributed by atoms with Crippen LogP contribution < -0.4 is 5.32 Å². The number of nitrogens with zero attached hydrogens (tertiary/aromatic N) is 1. The number of phenolic OH excluding ortho intramolecular Hbond substituents is 1. The number of benzene rings is 2. The van der Waals surface area contributed by atoms with Crippen LogP contribution in [0.2, 0.25) is 0 Å². The SMILES string of the molecule is Cc1cc(O)ccc1NCc1ccc2ncccc2c1. The third kappa shape index (κ3) is 2.57. The van der Waals surface area contributed by atoms with Gasteiger partial charge >= 0.3 is 0 Å². The Hall–Kier alpha value is -2.55. The van der Waals surface area contributed by atoms with Gasteiger partial charge in [0.1, 0.15) is 5.75 Å². The van der Waals surface area contributed by atoms with Crippen molar-refractivity contribution in [2.75, 3.05) is 5.32 Å². The number of nitrogens with one attached hydrogen (secondary N) is 1. The molecule has 3 aromatic rings. The first-order valence-corrected chi connectivity index (χ1v) is 6.59. The molecular formula is C17H16N2O. The first kappa shape index (κ1) is 12.5. The molecule has 2 N–H and O–H groups in total. The van der Waals surface area contributed by atoms with Gasteiger partial charge in [0, 0.05) is 23.8 Å². The summed E-state index contributed by atoms with van der Waals surface area (Å²) in [6, 6.07) is 15.6. The summed E-state index contributed by atoms with van der Waals surface area (Å²) in [6.07, 6.45) is 1.81. The molecule has 1 aromatic heterocycles. The van der Waals surface area contributed by atoms with Gasteiger partial charge in [0.25, 0.3) is 0 Å². The molecule has 20 heavy (non-hydrogen) atoms. The van der Waals surface area contributed by atoms with Crippen molar-refractivity contribution in [2.24, 2.45) is 0 Å². The van der Waals surface area contributed by atoms with Crippen molar-refractivity contribution in [1.29, 1.82) is 0 Å². The van der Waals surface area contributed by atoms with E-state index in [1.807, 2.05) is 25.1 Å². The van der Waals surface area contributed by atoms with Crippen molar-refractivity contribution < 1.29 is 5.11 Å². The number of aromatic hydroxyl groups is 1. The van der Waals surface area contributed by atoms with Crippen molar-refractivity contribution in [3.63, 3.8) is 0 Å². The average molecular weight is 264 g/mol. The molecule has 0 bridgehead atoms. The molecule has 0 aliphatic heterocycles. The fraction of sp³-hybridized carbons (Fsp3) is 0.118. The monoisotopic (exact) mass is 264 g/mol.